The lowest BCUT2D eigenvalue weighted by Gasteiger charge is -2.52. The van der Waals surface area contributed by atoms with E-state index >= 15 is 8.78 Å². The Morgan fingerprint density at radius 3 is 2.35 bits per heavy atom. The van der Waals surface area contributed by atoms with Crippen molar-refractivity contribution in [3.8, 4) is 0 Å². The number of benzene rings is 2. The van der Waals surface area contributed by atoms with Gasteiger partial charge in [-0.1, -0.05) is 42.3 Å². The molecule has 0 spiro atoms. The smallest absolute Gasteiger partial charge is 0.316 e. The van der Waals surface area contributed by atoms with Gasteiger partial charge in [0.1, 0.15) is 17.0 Å². The largest absolute Gasteiger partial charge is 0.468 e. The first-order valence-corrected chi connectivity index (χ1v) is 12.3. The molecule has 2 aromatic rings. The third kappa shape index (κ3) is 4.49. The molecular weight excluding hydrogens is 460 g/mol. The lowest BCUT2D eigenvalue weighted by Crippen LogP contribution is -2.61. The maximum atomic E-state index is 15.4. The van der Waals surface area contributed by atoms with E-state index in [0.29, 0.717) is 0 Å². The van der Waals surface area contributed by atoms with Crippen LogP contribution in [0.25, 0.3) is 0 Å². The molecule has 1 saturated heterocycles. The van der Waals surface area contributed by atoms with Crippen LogP contribution in [0.3, 0.4) is 0 Å². The van der Waals surface area contributed by atoms with Crippen LogP contribution >= 0.6 is 11.9 Å². The second-order valence-corrected chi connectivity index (χ2v) is 10.4. The molecule has 1 heterocycles. The number of nitrogens with zero attached hydrogens (tertiary/aromatic N) is 1. The van der Waals surface area contributed by atoms with Crippen molar-refractivity contribution in [1.29, 1.82) is 0 Å². The van der Waals surface area contributed by atoms with Crippen molar-refractivity contribution in [2.75, 3.05) is 21.3 Å². The average Bonchev–Trinajstić information content (AvgIpc) is 2.83. The maximum absolute atomic E-state index is 15.4. The molecule has 1 saturated carbocycles. The van der Waals surface area contributed by atoms with Gasteiger partial charge in [-0.25, -0.2) is 13.1 Å². The molecule has 2 aliphatic rings. The molecule has 34 heavy (non-hydrogen) atoms. The monoisotopic (exact) mass is 491 g/mol. The van der Waals surface area contributed by atoms with Crippen LogP contribution in [-0.2, 0) is 31.0 Å². The highest BCUT2D eigenvalue weighted by molar-refractivity contribution is 7.97. The number of carbonyl (C=O) groups excluding carboxylic acids is 1. The summed E-state index contributed by atoms with van der Waals surface area (Å²) in [5.74, 6) is -2.82. The molecule has 5 nitrogen and oxygen atoms in total. The summed E-state index contributed by atoms with van der Waals surface area (Å²) in [5, 5.41) is 0.276. The fourth-order valence-electron chi connectivity index (χ4n) is 5.07. The lowest BCUT2D eigenvalue weighted by molar-refractivity contribution is -0.278. The minimum atomic E-state index is -1.35. The summed E-state index contributed by atoms with van der Waals surface area (Å²) in [6.07, 6.45) is 2.10. The van der Waals surface area contributed by atoms with Crippen LogP contribution in [0, 0.1) is 11.6 Å². The molecule has 1 aliphatic carbocycles. The number of hydrogen-bond acceptors (Lipinski definition) is 6. The molecule has 184 valence electrons. The second-order valence-electron chi connectivity index (χ2n) is 9.18. The topological polar surface area (TPSA) is 48.0 Å². The number of methoxy groups -OCH3 is 3. The van der Waals surface area contributed by atoms with Gasteiger partial charge in [-0.15, -0.1) is 0 Å². The molecule has 1 aliphatic heterocycles. The van der Waals surface area contributed by atoms with Crippen LogP contribution in [0.15, 0.2) is 42.5 Å². The molecule has 1 unspecified atom stereocenters. The van der Waals surface area contributed by atoms with Crippen LogP contribution in [0.4, 0.5) is 8.78 Å². The fraction of sp³-hybridized carbons (Fsp3) is 0.500. The van der Waals surface area contributed by atoms with Crippen LogP contribution in [0.1, 0.15) is 54.5 Å². The highest BCUT2D eigenvalue weighted by Gasteiger charge is 2.63. The van der Waals surface area contributed by atoms with Crippen LogP contribution in [-0.4, -0.2) is 43.4 Å². The SMILES string of the molecule is COC(=O)C1(c2cc(F)c(CN3SC(c4ccccc4)CC[C@@H]3C)cc2F)CC(OC)(OC)C1. The van der Waals surface area contributed by atoms with E-state index in [-0.39, 0.29) is 41.8 Å². The molecule has 0 amide bonds. The quantitative estimate of drug-likeness (QED) is 0.288. The van der Waals surface area contributed by atoms with Gasteiger partial charge in [-0.3, -0.25) is 4.79 Å². The predicted octanol–water partition coefficient (Wildman–Crippen LogP) is 5.53. The third-order valence-electron chi connectivity index (χ3n) is 7.21. The summed E-state index contributed by atoms with van der Waals surface area (Å²) in [5.41, 5.74) is 0.122. The molecule has 2 aromatic carbocycles. The molecule has 0 radical (unpaired) electrons. The molecule has 2 fully saturated rings. The lowest BCUT2D eigenvalue weighted by atomic mass is 9.60. The molecule has 0 N–H and O–H groups in total. The van der Waals surface area contributed by atoms with Gasteiger partial charge >= 0.3 is 5.97 Å². The van der Waals surface area contributed by atoms with E-state index in [2.05, 4.69) is 23.4 Å². The maximum Gasteiger partial charge on any atom is 0.316 e. The van der Waals surface area contributed by atoms with E-state index < -0.39 is 28.8 Å². The zero-order valence-electron chi connectivity index (χ0n) is 20.0. The summed E-state index contributed by atoms with van der Waals surface area (Å²) in [6.45, 7) is 2.37. The van der Waals surface area contributed by atoms with Gasteiger partial charge in [-0.05, 0) is 37.5 Å². The first-order valence-electron chi connectivity index (χ1n) is 11.4. The Hall–Kier alpha value is -2.00. The Bertz CT molecular complexity index is 1020. The first-order chi connectivity index (χ1) is 16.3. The van der Waals surface area contributed by atoms with Crippen LogP contribution in [0.2, 0.25) is 0 Å². The minimum absolute atomic E-state index is 0.0215. The van der Waals surface area contributed by atoms with Crippen molar-refractivity contribution in [2.24, 2.45) is 0 Å². The second kappa shape index (κ2) is 9.93. The van der Waals surface area contributed by atoms with Gasteiger partial charge in [0.25, 0.3) is 0 Å². The zero-order valence-corrected chi connectivity index (χ0v) is 20.8. The summed E-state index contributed by atoms with van der Waals surface area (Å²) in [6, 6.07) is 12.8. The number of hydrogen-bond donors (Lipinski definition) is 0. The van der Waals surface area contributed by atoms with Gasteiger partial charge in [0.15, 0.2) is 5.79 Å². The third-order valence-corrected chi connectivity index (χ3v) is 8.73. The Morgan fingerprint density at radius 2 is 1.74 bits per heavy atom. The predicted molar refractivity (Wildman–Crippen MR) is 127 cm³/mol. The Labute approximate surface area is 203 Å². The number of halogens is 2. The van der Waals surface area contributed by atoms with Crippen molar-refractivity contribution >= 4 is 17.9 Å². The highest BCUT2D eigenvalue weighted by atomic mass is 32.2. The van der Waals surface area contributed by atoms with Gasteiger partial charge < -0.3 is 14.2 Å². The fourth-order valence-corrected chi connectivity index (χ4v) is 6.44. The molecular formula is C26H31F2NO4S. The molecule has 0 bridgehead atoms. The highest BCUT2D eigenvalue weighted by Crippen LogP contribution is 2.54. The molecule has 0 aromatic heterocycles. The first kappa shape index (κ1) is 25.1. The van der Waals surface area contributed by atoms with Crippen molar-refractivity contribution in [2.45, 2.75) is 61.6 Å². The molecule has 4 rings (SSSR count). The summed E-state index contributed by atoms with van der Waals surface area (Å²) in [7, 11) is 4.17. The van der Waals surface area contributed by atoms with Gasteiger partial charge in [0.05, 0.1) is 7.11 Å². The van der Waals surface area contributed by atoms with Crippen molar-refractivity contribution in [1.82, 2.24) is 4.31 Å². The van der Waals surface area contributed by atoms with E-state index in [1.807, 2.05) is 18.2 Å². The van der Waals surface area contributed by atoms with Crippen molar-refractivity contribution in [3.63, 3.8) is 0 Å². The number of carbonyl (C=O) groups is 1. The van der Waals surface area contributed by atoms with E-state index in [1.165, 1.54) is 33.0 Å². The summed E-state index contributed by atoms with van der Waals surface area (Å²) < 4.78 is 48.6. The van der Waals surface area contributed by atoms with E-state index in [0.717, 1.165) is 18.9 Å². The number of rotatable bonds is 7. The molecule has 2 atom stereocenters. The van der Waals surface area contributed by atoms with Crippen molar-refractivity contribution in [3.05, 3.63) is 70.8 Å². The summed E-state index contributed by atoms with van der Waals surface area (Å²) in [4.78, 5) is 12.7. The summed E-state index contributed by atoms with van der Waals surface area (Å²) >= 11 is 1.68. The Balaban J connectivity index is 1.58. The Kier molecular flexibility index (Phi) is 7.33. The number of esters is 1. The van der Waals surface area contributed by atoms with Gasteiger partial charge in [0, 0.05) is 56.0 Å². The number of ether oxygens (including phenoxy) is 3. The Morgan fingerprint density at radius 1 is 1.06 bits per heavy atom. The van der Waals surface area contributed by atoms with Crippen LogP contribution < -0.4 is 0 Å². The van der Waals surface area contributed by atoms with E-state index in [1.54, 1.807) is 11.9 Å². The minimum Gasteiger partial charge on any atom is -0.468 e. The van der Waals surface area contributed by atoms with E-state index in [4.69, 9.17) is 14.2 Å². The van der Waals surface area contributed by atoms with E-state index in [9.17, 15) is 4.79 Å². The average molecular weight is 492 g/mol. The van der Waals surface area contributed by atoms with Crippen LogP contribution in [0.5, 0.6) is 0 Å². The van der Waals surface area contributed by atoms with Crippen molar-refractivity contribution < 1.29 is 27.8 Å². The normalized spacial score (nSPS) is 23.8. The standard InChI is InChI=1S/C26H31F2NO4S/c1-17-10-11-23(18-8-6-5-7-9-18)34-29(17)14-19-12-22(28)20(13-21(19)27)25(24(30)31-2)15-26(16-25,32-3)33-4/h5-9,12-13,17,23H,10-11,14-16H2,1-4H3/t17-,23?/m0/s1. The molecule has 8 heteroatoms. The van der Waals surface area contributed by atoms with Gasteiger partial charge in [-0.2, -0.15) is 0 Å². The van der Waals surface area contributed by atoms with Gasteiger partial charge in [0.2, 0.25) is 0 Å². The zero-order chi connectivity index (χ0) is 24.5.